The summed E-state index contributed by atoms with van der Waals surface area (Å²) in [6.45, 7) is 2.33. The van der Waals surface area contributed by atoms with E-state index in [1.807, 2.05) is 60.7 Å². The zero-order valence-corrected chi connectivity index (χ0v) is 20.3. The van der Waals surface area contributed by atoms with Gasteiger partial charge in [-0.3, -0.25) is 0 Å². The van der Waals surface area contributed by atoms with Crippen LogP contribution in [-0.2, 0) is 4.84 Å². The van der Waals surface area contributed by atoms with E-state index in [1.54, 1.807) is 7.11 Å². The number of fused-ring (bicyclic) bond motifs is 3. The number of nitrogens with one attached hydrogen (secondary N) is 2. The van der Waals surface area contributed by atoms with Crippen LogP contribution in [0.1, 0.15) is 12.8 Å². The normalized spacial score (nSPS) is 11.9. The van der Waals surface area contributed by atoms with Crippen LogP contribution in [0.2, 0.25) is 0 Å². The van der Waals surface area contributed by atoms with Crippen LogP contribution in [0.25, 0.3) is 21.8 Å². The van der Waals surface area contributed by atoms with Crippen LogP contribution in [0.15, 0.2) is 66.7 Å². The molecular formula is C27H31N3O6. The predicted octanol–water partition coefficient (Wildman–Crippen LogP) is 4.98. The van der Waals surface area contributed by atoms with Crippen molar-refractivity contribution in [1.29, 1.82) is 0 Å². The molecule has 1 aromatic heterocycles. The summed E-state index contributed by atoms with van der Waals surface area (Å²) in [5, 5.41) is 15.3. The van der Waals surface area contributed by atoms with Crippen LogP contribution < -0.4 is 19.5 Å². The van der Waals surface area contributed by atoms with Crippen LogP contribution in [-0.4, -0.2) is 50.1 Å². The maximum atomic E-state index is 10.5. The first-order chi connectivity index (χ1) is 17.7. The van der Waals surface area contributed by atoms with E-state index in [4.69, 9.17) is 14.2 Å². The second-order valence-corrected chi connectivity index (χ2v) is 8.43. The first-order valence-electron chi connectivity index (χ1n) is 12.0. The SMILES string of the molecule is COc1ccccc1OCCNCC(CCCO[N+](=O)[O-])COc1cccc2[nH]c3ccccc3c12. The molecule has 4 aromatic rings. The third-order valence-corrected chi connectivity index (χ3v) is 5.96. The van der Waals surface area contributed by atoms with Crippen molar-refractivity contribution in [2.24, 2.45) is 5.92 Å². The quantitative estimate of drug-likeness (QED) is 0.137. The van der Waals surface area contributed by atoms with Crippen LogP contribution >= 0.6 is 0 Å². The largest absolute Gasteiger partial charge is 0.493 e. The third kappa shape index (κ3) is 6.57. The molecule has 9 heteroatoms. The highest BCUT2D eigenvalue weighted by Crippen LogP contribution is 2.33. The van der Waals surface area contributed by atoms with Gasteiger partial charge in [0, 0.05) is 35.3 Å². The number of H-pyrrole nitrogens is 1. The number of aromatic nitrogens is 1. The standard InChI is InChI=1S/C27H31N3O6/c1-33-24-12-4-5-13-25(24)34-17-15-28-18-20(8-7-16-36-30(31)32)19-35-26-14-6-11-23-27(26)21-9-2-3-10-22(21)29-23/h2-6,9-14,20,28-29H,7-8,15-19H2,1H3. The Kier molecular flexibility index (Phi) is 8.82. The van der Waals surface area contributed by atoms with Crippen molar-refractivity contribution in [2.75, 3.05) is 40.0 Å². The minimum Gasteiger partial charge on any atom is -0.493 e. The van der Waals surface area contributed by atoms with Crippen molar-refractivity contribution < 1.29 is 24.1 Å². The fourth-order valence-electron chi connectivity index (χ4n) is 4.23. The molecule has 0 aliphatic heterocycles. The highest BCUT2D eigenvalue weighted by atomic mass is 16.9. The second-order valence-electron chi connectivity index (χ2n) is 8.43. The Morgan fingerprint density at radius 1 is 0.917 bits per heavy atom. The molecule has 0 saturated carbocycles. The Balaban J connectivity index is 1.34. The Labute approximate surface area is 209 Å². The molecule has 1 unspecified atom stereocenters. The highest BCUT2D eigenvalue weighted by Gasteiger charge is 2.14. The molecule has 36 heavy (non-hydrogen) atoms. The van der Waals surface area contributed by atoms with Crippen molar-refractivity contribution in [3.63, 3.8) is 0 Å². The van der Waals surface area contributed by atoms with E-state index >= 15 is 0 Å². The van der Waals surface area contributed by atoms with Crippen molar-refractivity contribution in [3.8, 4) is 17.2 Å². The third-order valence-electron chi connectivity index (χ3n) is 5.96. The number of hydrogen-bond donors (Lipinski definition) is 2. The molecule has 0 amide bonds. The van der Waals surface area contributed by atoms with E-state index in [-0.39, 0.29) is 12.5 Å². The van der Waals surface area contributed by atoms with Gasteiger partial charge < -0.3 is 29.3 Å². The summed E-state index contributed by atoms with van der Waals surface area (Å²) in [6, 6.07) is 21.7. The number of para-hydroxylation sites is 3. The molecule has 1 atom stereocenters. The summed E-state index contributed by atoms with van der Waals surface area (Å²) in [7, 11) is 1.62. The molecule has 0 aliphatic carbocycles. The van der Waals surface area contributed by atoms with Gasteiger partial charge in [0.1, 0.15) is 12.4 Å². The maximum absolute atomic E-state index is 10.5. The Bertz CT molecular complexity index is 1270. The number of benzene rings is 3. The van der Waals surface area contributed by atoms with Gasteiger partial charge in [-0.15, -0.1) is 10.1 Å². The number of methoxy groups -OCH3 is 1. The molecule has 0 radical (unpaired) electrons. The van der Waals surface area contributed by atoms with E-state index in [2.05, 4.69) is 21.2 Å². The molecule has 3 aromatic carbocycles. The van der Waals surface area contributed by atoms with Crippen LogP contribution in [0.4, 0.5) is 0 Å². The molecule has 0 saturated heterocycles. The Morgan fingerprint density at radius 2 is 1.67 bits per heavy atom. The van der Waals surface area contributed by atoms with Crippen LogP contribution in [0.5, 0.6) is 17.2 Å². The molecule has 190 valence electrons. The number of hydrogen-bond acceptors (Lipinski definition) is 7. The van der Waals surface area contributed by atoms with Gasteiger partial charge in [-0.1, -0.05) is 36.4 Å². The van der Waals surface area contributed by atoms with E-state index in [1.165, 1.54) is 0 Å². The second kappa shape index (κ2) is 12.6. The van der Waals surface area contributed by atoms with Crippen molar-refractivity contribution in [1.82, 2.24) is 10.3 Å². The van der Waals surface area contributed by atoms with Crippen molar-refractivity contribution in [3.05, 3.63) is 76.8 Å². The number of rotatable bonds is 15. The molecule has 0 fully saturated rings. The number of aromatic amines is 1. The van der Waals surface area contributed by atoms with E-state index in [0.29, 0.717) is 44.2 Å². The summed E-state index contributed by atoms with van der Waals surface area (Å²) >= 11 is 0. The number of ether oxygens (including phenoxy) is 3. The fraction of sp³-hybridized carbons (Fsp3) is 0.333. The number of nitrogens with zero attached hydrogens (tertiary/aromatic N) is 1. The van der Waals surface area contributed by atoms with Gasteiger partial charge in [-0.2, -0.15) is 0 Å². The average molecular weight is 494 g/mol. The summed E-state index contributed by atoms with van der Waals surface area (Å²) in [6.07, 6.45) is 1.28. The first kappa shape index (κ1) is 25.1. The molecule has 0 aliphatic rings. The smallest absolute Gasteiger partial charge is 0.294 e. The minimum absolute atomic E-state index is 0.0679. The average Bonchev–Trinajstić information content (AvgIpc) is 3.28. The van der Waals surface area contributed by atoms with Gasteiger partial charge in [0.05, 0.1) is 25.8 Å². The molecule has 9 nitrogen and oxygen atoms in total. The lowest BCUT2D eigenvalue weighted by Gasteiger charge is -2.19. The lowest BCUT2D eigenvalue weighted by atomic mass is 10.0. The minimum atomic E-state index is -0.753. The molecule has 1 heterocycles. The Hall–Kier alpha value is -3.98. The van der Waals surface area contributed by atoms with Gasteiger partial charge in [-0.25, -0.2) is 0 Å². The topological polar surface area (TPSA) is 108 Å². The van der Waals surface area contributed by atoms with Gasteiger partial charge in [0.2, 0.25) is 0 Å². The van der Waals surface area contributed by atoms with Gasteiger partial charge in [0.25, 0.3) is 5.09 Å². The molecule has 2 N–H and O–H groups in total. The zero-order chi connectivity index (χ0) is 25.2. The molecule has 0 spiro atoms. The van der Waals surface area contributed by atoms with Crippen LogP contribution in [0, 0.1) is 16.0 Å². The lowest BCUT2D eigenvalue weighted by Crippen LogP contribution is -2.30. The summed E-state index contributed by atoms with van der Waals surface area (Å²) in [4.78, 5) is 18.4. The van der Waals surface area contributed by atoms with Gasteiger partial charge in [-0.05, 0) is 43.2 Å². The Morgan fingerprint density at radius 3 is 2.50 bits per heavy atom. The summed E-state index contributed by atoms with van der Waals surface area (Å²) < 4.78 is 17.4. The first-order valence-corrected chi connectivity index (χ1v) is 12.0. The van der Waals surface area contributed by atoms with Gasteiger partial charge >= 0.3 is 0 Å². The van der Waals surface area contributed by atoms with Gasteiger partial charge in [0.15, 0.2) is 11.5 Å². The predicted molar refractivity (Wildman–Crippen MR) is 138 cm³/mol. The maximum Gasteiger partial charge on any atom is 0.294 e. The van der Waals surface area contributed by atoms with E-state index in [0.717, 1.165) is 34.0 Å². The monoisotopic (exact) mass is 493 g/mol. The summed E-state index contributed by atoms with van der Waals surface area (Å²) in [5.41, 5.74) is 2.09. The zero-order valence-electron chi connectivity index (χ0n) is 20.3. The lowest BCUT2D eigenvalue weighted by molar-refractivity contribution is -0.757. The van der Waals surface area contributed by atoms with Crippen molar-refractivity contribution in [2.45, 2.75) is 12.8 Å². The van der Waals surface area contributed by atoms with E-state index < -0.39 is 5.09 Å². The van der Waals surface area contributed by atoms with Crippen LogP contribution in [0.3, 0.4) is 0 Å². The van der Waals surface area contributed by atoms with Crippen molar-refractivity contribution >= 4 is 21.8 Å². The molecule has 4 rings (SSSR count). The molecular weight excluding hydrogens is 462 g/mol. The molecule has 0 bridgehead atoms. The highest BCUT2D eigenvalue weighted by molar-refractivity contribution is 6.10. The summed E-state index contributed by atoms with van der Waals surface area (Å²) in [5.74, 6) is 2.34. The fourth-order valence-corrected chi connectivity index (χ4v) is 4.23. The van der Waals surface area contributed by atoms with E-state index in [9.17, 15) is 10.1 Å².